The van der Waals surface area contributed by atoms with E-state index in [9.17, 15) is 4.39 Å². The lowest BCUT2D eigenvalue weighted by atomic mass is 9.92. The van der Waals surface area contributed by atoms with Crippen molar-refractivity contribution in [1.29, 1.82) is 0 Å². The molecule has 116 valence electrons. The van der Waals surface area contributed by atoms with E-state index in [1.165, 1.54) is 25.7 Å². The zero-order chi connectivity index (χ0) is 14.5. The highest BCUT2D eigenvalue weighted by Gasteiger charge is 2.23. The SMILES string of the molecule is Fc1ccccc1CC(CCC1CCCO1)CNC1CC1. The normalized spacial score (nSPS) is 23.4. The minimum absolute atomic E-state index is 0.0639. The summed E-state index contributed by atoms with van der Waals surface area (Å²) in [5.41, 5.74) is 0.854. The molecule has 2 unspecified atom stereocenters. The van der Waals surface area contributed by atoms with Crippen molar-refractivity contribution < 1.29 is 9.13 Å². The molecule has 1 saturated heterocycles. The molecule has 0 spiro atoms. The van der Waals surface area contributed by atoms with Crippen LogP contribution in [0.1, 0.15) is 44.1 Å². The van der Waals surface area contributed by atoms with Gasteiger partial charge in [-0.3, -0.25) is 0 Å². The molecule has 1 N–H and O–H groups in total. The van der Waals surface area contributed by atoms with Crippen LogP contribution in [0.4, 0.5) is 4.39 Å². The third-order valence-corrected chi connectivity index (χ3v) is 4.66. The van der Waals surface area contributed by atoms with Crippen LogP contribution in [0.3, 0.4) is 0 Å². The molecule has 2 nitrogen and oxygen atoms in total. The maximum atomic E-state index is 13.9. The zero-order valence-electron chi connectivity index (χ0n) is 12.7. The number of halogens is 1. The van der Waals surface area contributed by atoms with E-state index in [0.717, 1.165) is 44.0 Å². The van der Waals surface area contributed by atoms with Crippen LogP contribution in [0.2, 0.25) is 0 Å². The van der Waals surface area contributed by atoms with Gasteiger partial charge in [-0.1, -0.05) is 18.2 Å². The van der Waals surface area contributed by atoms with Crippen LogP contribution >= 0.6 is 0 Å². The lowest BCUT2D eigenvalue weighted by molar-refractivity contribution is 0.0979. The van der Waals surface area contributed by atoms with Crippen molar-refractivity contribution in [3.8, 4) is 0 Å². The summed E-state index contributed by atoms with van der Waals surface area (Å²) in [5, 5.41) is 3.61. The Morgan fingerprint density at radius 2 is 2.10 bits per heavy atom. The number of ether oxygens (including phenoxy) is 1. The molecule has 0 amide bonds. The molecule has 0 aromatic heterocycles. The van der Waals surface area contributed by atoms with E-state index in [2.05, 4.69) is 5.32 Å². The summed E-state index contributed by atoms with van der Waals surface area (Å²) in [5.74, 6) is 0.442. The van der Waals surface area contributed by atoms with Crippen molar-refractivity contribution >= 4 is 0 Å². The highest BCUT2D eigenvalue weighted by molar-refractivity contribution is 5.18. The Balaban J connectivity index is 1.53. The van der Waals surface area contributed by atoms with Gasteiger partial charge >= 0.3 is 0 Å². The molecule has 0 radical (unpaired) electrons. The second-order valence-electron chi connectivity index (χ2n) is 6.56. The third-order valence-electron chi connectivity index (χ3n) is 4.66. The summed E-state index contributed by atoms with van der Waals surface area (Å²) in [6.45, 7) is 1.93. The first-order valence-electron chi connectivity index (χ1n) is 8.39. The predicted molar refractivity (Wildman–Crippen MR) is 82.8 cm³/mol. The Morgan fingerprint density at radius 1 is 1.24 bits per heavy atom. The number of rotatable bonds is 8. The van der Waals surface area contributed by atoms with E-state index in [-0.39, 0.29) is 5.82 Å². The van der Waals surface area contributed by atoms with Crippen LogP contribution in [0.5, 0.6) is 0 Å². The summed E-state index contributed by atoms with van der Waals surface area (Å²) >= 11 is 0. The largest absolute Gasteiger partial charge is 0.378 e. The highest BCUT2D eigenvalue weighted by Crippen LogP contribution is 2.24. The van der Waals surface area contributed by atoms with Crippen LogP contribution in [0.25, 0.3) is 0 Å². The maximum Gasteiger partial charge on any atom is 0.126 e. The third kappa shape index (κ3) is 4.79. The van der Waals surface area contributed by atoms with Gasteiger partial charge in [0.05, 0.1) is 6.10 Å². The molecule has 3 heteroatoms. The van der Waals surface area contributed by atoms with Crippen LogP contribution in [-0.4, -0.2) is 25.3 Å². The van der Waals surface area contributed by atoms with Crippen LogP contribution < -0.4 is 5.32 Å². The Kier molecular flexibility index (Phi) is 5.26. The van der Waals surface area contributed by atoms with Crippen molar-refractivity contribution in [3.05, 3.63) is 35.6 Å². The van der Waals surface area contributed by atoms with E-state index in [0.29, 0.717) is 12.0 Å². The van der Waals surface area contributed by atoms with Gasteiger partial charge in [0.1, 0.15) is 5.82 Å². The van der Waals surface area contributed by atoms with E-state index < -0.39 is 0 Å². The average Bonchev–Trinajstić information content (AvgIpc) is 3.18. The number of hydrogen-bond acceptors (Lipinski definition) is 2. The molecular formula is C18H26FNO. The van der Waals surface area contributed by atoms with E-state index in [4.69, 9.17) is 4.74 Å². The molecule has 2 fully saturated rings. The lowest BCUT2D eigenvalue weighted by Gasteiger charge is -2.20. The molecule has 1 heterocycles. The number of benzene rings is 1. The predicted octanol–water partition coefficient (Wildman–Crippen LogP) is 3.70. The van der Waals surface area contributed by atoms with Gasteiger partial charge in [-0.25, -0.2) is 4.39 Å². The van der Waals surface area contributed by atoms with Gasteiger partial charge in [0.15, 0.2) is 0 Å². The van der Waals surface area contributed by atoms with E-state index in [1.807, 2.05) is 12.1 Å². The fraction of sp³-hybridized carbons (Fsp3) is 0.667. The first kappa shape index (κ1) is 15.0. The molecule has 3 rings (SSSR count). The van der Waals surface area contributed by atoms with Crippen LogP contribution in [-0.2, 0) is 11.2 Å². The molecule has 1 saturated carbocycles. The minimum atomic E-state index is -0.0639. The van der Waals surface area contributed by atoms with Gasteiger partial charge in [0, 0.05) is 12.6 Å². The average molecular weight is 291 g/mol. The molecule has 0 bridgehead atoms. The molecule has 21 heavy (non-hydrogen) atoms. The summed E-state index contributed by atoms with van der Waals surface area (Å²) in [7, 11) is 0. The van der Waals surface area contributed by atoms with Crippen molar-refractivity contribution in [2.45, 2.75) is 57.1 Å². The van der Waals surface area contributed by atoms with Gasteiger partial charge in [0.25, 0.3) is 0 Å². The molecule has 1 aromatic rings. The van der Waals surface area contributed by atoms with Crippen LogP contribution in [0, 0.1) is 11.7 Å². The first-order valence-corrected chi connectivity index (χ1v) is 8.39. The van der Waals surface area contributed by atoms with Gasteiger partial charge in [-0.05, 0) is 69.0 Å². The molecule has 1 aliphatic heterocycles. The van der Waals surface area contributed by atoms with Crippen molar-refractivity contribution in [3.63, 3.8) is 0 Å². The Hall–Kier alpha value is -0.930. The molecular weight excluding hydrogens is 265 g/mol. The van der Waals surface area contributed by atoms with Crippen molar-refractivity contribution in [2.24, 2.45) is 5.92 Å². The van der Waals surface area contributed by atoms with Gasteiger partial charge < -0.3 is 10.1 Å². The fourth-order valence-corrected chi connectivity index (χ4v) is 3.17. The summed E-state index contributed by atoms with van der Waals surface area (Å²) in [6.07, 6.45) is 8.51. The summed E-state index contributed by atoms with van der Waals surface area (Å²) in [4.78, 5) is 0. The van der Waals surface area contributed by atoms with Crippen LogP contribution in [0.15, 0.2) is 24.3 Å². The van der Waals surface area contributed by atoms with E-state index >= 15 is 0 Å². The zero-order valence-corrected chi connectivity index (χ0v) is 12.7. The minimum Gasteiger partial charge on any atom is -0.378 e. The number of hydrogen-bond donors (Lipinski definition) is 1. The van der Waals surface area contributed by atoms with E-state index in [1.54, 1.807) is 12.1 Å². The molecule has 1 aliphatic carbocycles. The Labute approximate surface area is 127 Å². The fourth-order valence-electron chi connectivity index (χ4n) is 3.17. The first-order chi connectivity index (χ1) is 10.3. The molecule has 2 atom stereocenters. The smallest absolute Gasteiger partial charge is 0.126 e. The highest BCUT2D eigenvalue weighted by atomic mass is 19.1. The Bertz CT molecular complexity index is 441. The monoisotopic (exact) mass is 291 g/mol. The van der Waals surface area contributed by atoms with Gasteiger partial charge in [-0.15, -0.1) is 0 Å². The molecule has 1 aromatic carbocycles. The standard InChI is InChI=1S/C18H26FNO/c19-18-6-2-1-4-15(18)12-14(13-20-16-8-9-16)7-10-17-5-3-11-21-17/h1-2,4,6,14,16-17,20H,3,5,7-13H2. The van der Waals surface area contributed by atoms with Gasteiger partial charge in [0.2, 0.25) is 0 Å². The summed E-state index contributed by atoms with van der Waals surface area (Å²) in [6, 6.07) is 7.91. The summed E-state index contributed by atoms with van der Waals surface area (Å²) < 4.78 is 19.6. The van der Waals surface area contributed by atoms with Crippen molar-refractivity contribution in [2.75, 3.05) is 13.2 Å². The Morgan fingerprint density at radius 3 is 2.81 bits per heavy atom. The van der Waals surface area contributed by atoms with Crippen molar-refractivity contribution in [1.82, 2.24) is 5.32 Å². The number of nitrogens with one attached hydrogen (secondary N) is 1. The topological polar surface area (TPSA) is 21.3 Å². The van der Waals surface area contributed by atoms with Gasteiger partial charge in [-0.2, -0.15) is 0 Å². The lowest BCUT2D eigenvalue weighted by Crippen LogP contribution is -2.27. The molecule has 2 aliphatic rings. The quantitative estimate of drug-likeness (QED) is 0.788. The second kappa shape index (κ2) is 7.37. The second-order valence-corrected chi connectivity index (χ2v) is 6.56. The maximum absolute atomic E-state index is 13.9.